The maximum absolute atomic E-state index is 5.34. The highest BCUT2D eigenvalue weighted by Crippen LogP contribution is 2.44. The van der Waals surface area contributed by atoms with Gasteiger partial charge in [0, 0.05) is 65.0 Å². The molecule has 248 valence electrons. The topological polar surface area (TPSA) is 51.4 Å². The minimum Gasteiger partial charge on any atom is -0.355 e. The summed E-state index contributed by atoms with van der Waals surface area (Å²) in [6, 6.07) is 51.6. The molecule has 0 saturated carbocycles. The summed E-state index contributed by atoms with van der Waals surface area (Å²) >= 11 is 0. The number of para-hydroxylation sites is 3. The highest BCUT2D eigenvalue weighted by molar-refractivity contribution is 6.33. The predicted molar refractivity (Wildman–Crippen MR) is 222 cm³/mol. The van der Waals surface area contributed by atoms with Crippen molar-refractivity contribution in [2.45, 2.75) is 0 Å². The fourth-order valence-corrected chi connectivity index (χ4v) is 8.51. The molecule has 7 aromatic carbocycles. The van der Waals surface area contributed by atoms with Crippen molar-refractivity contribution in [1.29, 1.82) is 0 Å². The molecule has 0 radical (unpaired) electrons. The molecule has 5 nitrogen and oxygen atoms in total. The molecule has 0 amide bonds. The number of allylic oxidation sites excluding steroid dienone is 1. The first-order valence-electron chi connectivity index (χ1n) is 17.8. The molecule has 1 N–H and O–H groups in total. The average Bonchev–Trinajstić information content (AvgIpc) is 3.83. The van der Waals surface area contributed by atoms with Crippen molar-refractivity contribution in [2.24, 2.45) is 0 Å². The van der Waals surface area contributed by atoms with E-state index in [0.717, 1.165) is 76.8 Å². The highest BCUT2D eigenvalue weighted by atomic mass is 15.2. The van der Waals surface area contributed by atoms with Crippen molar-refractivity contribution in [2.75, 3.05) is 0 Å². The number of H-pyrrole nitrogens is 1. The summed E-state index contributed by atoms with van der Waals surface area (Å²) < 4.78 is 4.63. The maximum Gasteiger partial charge on any atom is 0.235 e. The molecule has 0 spiro atoms. The second-order valence-electron chi connectivity index (χ2n) is 13.6. The minimum atomic E-state index is 0.647. The lowest BCUT2D eigenvalue weighted by Gasteiger charge is -2.12. The van der Waals surface area contributed by atoms with Gasteiger partial charge in [0.25, 0.3) is 0 Å². The lowest BCUT2D eigenvalue weighted by molar-refractivity contribution is 1.01. The largest absolute Gasteiger partial charge is 0.355 e. The lowest BCUT2D eigenvalue weighted by Crippen LogP contribution is -2.19. The Hall–Kier alpha value is -7.24. The van der Waals surface area contributed by atoms with Crippen LogP contribution in [-0.4, -0.2) is 24.1 Å². The van der Waals surface area contributed by atoms with E-state index < -0.39 is 0 Å². The molecular weight excluding hydrogens is 647 g/mol. The van der Waals surface area contributed by atoms with Crippen LogP contribution >= 0.6 is 0 Å². The van der Waals surface area contributed by atoms with E-state index in [1.807, 2.05) is 24.3 Å². The number of aromatic nitrogens is 5. The van der Waals surface area contributed by atoms with Gasteiger partial charge in [-0.2, -0.15) is 0 Å². The molecule has 4 aromatic heterocycles. The number of aromatic amines is 1. The first-order valence-corrected chi connectivity index (χ1v) is 17.8. The fraction of sp³-hybridized carbons (Fsp3) is 0. The molecule has 0 aliphatic rings. The van der Waals surface area contributed by atoms with Crippen LogP contribution in [0.25, 0.3) is 112 Å². The van der Waals surface area contributed by atoms with Crippen molar-refractivity contribution >= 4 is 88.8 Å². The summed E-state index contributed by atoms with van der Waals surface area (Å²) in [4.78, 5) is 14.1. The van der Waals surface area contributed by atoms with Crippen LogP contribution in [0.2, 0.25) is 0 Å². The zero-order valence-corrected chi connectivity index (χ0v) is 28.7. The smallest absolute Gasteiger partial charge is 0.235 e. The van der Waals surface area contributed by atoms with Crippen LogP contribution in [0, 0.1) is 0 Å². The molecule has 11 aromatic rings. The number of fused-ring (bicyclic) bond motifs is 11. The first kappa shape index (κ1) is 29.5. The molecule has 53 heavy (non-hydrogen) atoms. The van der Waals surface area contributed by atoms with E-state index in [0.29, 0.717) is 5.95 Å². The van der Waals surface area contributed by atoms with Gasteiger partial charge in [-0.15, -0.1) is 0 Å². The van der Waals surface area contributed by atoms with Crippen LogP contribution in [0.5, 0.6) is 0 Å². The van der Waals surface area contributed by atoms with E-state index >= 15 is 0 Å². The van der Waals surface area contributed by atoms with E-state index in [1.165, 1.54) is 26.9 Å². The Morgan fingerprint density at radius 1 is 0.547 bits per heavy atom. The van der Waals surface area contributed by atoms with Crippen LogP contribution in [-0.2, 0) is 0 Å². The Morgan fingerprint density at radius 3 is 2.02 bits per heavy atom. The molecule has 4 heterocycles. The summed E-state index contributed by atoms with van der Waals surface area (Å²) in [5.74, 6) is 0.647. The first-order chi connectivity index (χ1) is 26.2. The fourth-order valence-electron chi connectivity index (χ4n) is 8.51. The molecule has 0 atom stereocenters. The van der Waals surface area contributed by atoms with Gasteiger partial charge in [-0.1, -0.05) is 122 Å². The van der Waals surface area contributed by atoms with Crippen LogP contribution in [0.1, 0.15) is 0 Å². The van der Waals surface area contributed by atoms with E-state index in [2.05, 4.69) is 161 Å². The number of rotatable bonds is 4. The summed E-state index contributed by atoms with van der Waals surface area (Å²) in [6.45, 7) is 8.34. The van der Waals surface area contributed by atoms with E-state index in [9.17, 15) is 0 Å². The molecule has 0 saturated heterocycles. The van der Waals surface area contributed by atoms with Crippen LogP contribution in [0.4, 0.5) is 0 Å². The summed E-state index contributed by atoms with van der Waals surface area (Å²) in [5, 5.41) is 11.2. The summed E-state index contributed by atoms with van der Waals surface area (Å²) in [7, 11) is 0. The molecule has 0 unspecified atom stereocenters. The van der Waals surface area contributed by atoms with Gasteiger partial charge in [-0.3, -0.25) is 4.57 Å². The number of hydrogen-bond donors (Lipinski definition) is 1. The number of hydrogen-bond acceptors (Lipinski definition) is 2. The molecular formula is C48H31N5. The van der Waals surface area contributed by atoms with Crippen molar-refractivity contribution in [3.8, 4) is 22.9 Å². The van der Waals surface area contributed by atoms with Gasteiger partial charge in [-0.25, -0.2) is 9.97 Å². The van der Waals surface area contributed by atoms with Gasteiger partial charge in [-0.05, 0) is 53.9 Å². The van der Waals surface area contributed by atoms with Crippen molar-refractivity contribution in [1.82, 2.24) is 24.1 Å². The van der Waals surface area contributed by atoms with E-state index in [-0.39, 0.29) is 0 Å². The average molecular weight is 678 g/mol. The molecule has 0 fully saturated rings. The predicted octanol–water partition coefficient (Wildman–Crippen LogP) is 10.5. The molecule has 5 heteroatoms. The quantitative estimate of drug-likeness (QED) is 0.202. The van der Waals surface area contributed by atoms with E-state index in [1.54, 1.807) is 0 Å². The molecule has 0 aliphatic carbocycles. The third-order valence-electron chi connectivity index (χ3n) is 10.7. The number of nitrogens with zero attached hydrogens (tertiary/aromatic N) is 4. The SMILES string of the molecule is C=C/C=c1\c(=C)[nH]c2cc3c(cc12)c1c2c(ccc1n3-c1ccccc1)ccc1c2c2ccccc2n1-c1nc(-c2ccccc2)c2ccccc2n1. The van der Waals surface area contributed by atoms with Gasteiger partial charge < -0.3 is 9.55 Å². The Kier molecular flexibility index (Phi) is 6.19. The van der Waals surface area contributed by atoms with E-state index in [4.69, 9.17) is 9.97 Å². The molecule has 11 rings (SSSR count). The normalized spacial score (nSPS) is 12.4. The summed E-state index contributed by atoms with van der Waals surface area (Å²) in [5.41, 5.74) is 9.43. The highest BCUT2D eigenvalue weighted by Gasteiger charge is 2.23. The number of nitrogens with one attached hydrogen (secondary N) is 1. The van der Waals surface area contributed by atoms with Crippen molar-refractivity contribution in [3.05, 3.63) is 169 Å². The second-order valence-corrected chi connectivity index (χ2v) is 13.6. The van der Waals surface area contributed by atoms with Crippen LogP contribution in [0.3, 0.4) is 0 Å². The zero-order valence-electron chi connectivity index (χ0n) is 28.7. The maximum atomic E-state index is 5.34. The Morgan fingerprint density at radius 2 is 1.23 bits per heavy atom. The van der Waals surface area contributed by atoms with Gasteiger partial charge >= 0.3 is 0 Å². The third-order valence-corrected chi connectivity index (χ3v) is 10.7. The Bertz CT molecular complexity index is 3420. The van der Waals surface area contributed by atoms with Gasteiger partial charge in [0.2, 0.25) is 5.95 Å². The minimum absolute atomic E-state index is 0.647. The van der Waals surface area contributed by atoms with Gasteiger partial charge in [0.15, 0.2) is 0 Å². The lowest BCUT2D eigenvalue weighted by atomic mass is 9.98. The zero-order chi connectivity index (χ0) is 35.2. The van der Waals surface area contributed by atoms with Gasteiger partial charge in [0.05, 0.1) is 33.3 Å². The van der Waals surface area contributed by atoms with Crippen LogP contribution in [0.15, 0.2) is 158 Å². The monoisotopic (exact) mass is 677 g/mol. The second kappa shape index (κ2) is 11.1. The summed E-state index contributed by atoms with van der Waals surface area (Å²) in [6.07, 6.45) is 3.88. The standard InChI is InChI=1S/C48H31N5/c1-3-14-33-29(2)49-39-28-43-37(27-36(33)39)46-41(52(43)32-17-8-5-9-18-32)25-23-30-24-26-42-45(44(30)46)35-20-11-13-22-40(35)53(42)48-50-38-21-12-10-19-34(38)47(51-48)31-15-6-4-7-16-31/h3-28,49H,1-2H2/b33-14+. The number of benzene rings is 7. The van der Waals surface area contributed by atoms with Gasteiger partial charge in [0.1, 0.15) is 0 Å². The Labute approximate surface area is 303 Å². The Balaban J connectivity index is 1.33. The van der Waals surface area contributed by atoms with Crippen molar-refractivity contribution in [3.63, 3.8) is 0 Å². The molecule has 0 bridgehead atoms. The molecule has 0 aliphatic heterocycles. The van der Waals surface area contributed by atoms with Crippen LogP contribution < -0.4 is 10.6 Å². The third kappa shape index (κ3) is 4.19. The van der Waals surface area contributed by atoms with Crippen molar-refractivity contribution < 1.29 is 0 Å².